The molecule has 0 unspecified atom stereocenters. The van der Waals surface area contributed by atoms with Crippen molar-refractivity contribution in [3.8, 4) is 5.88 Å². The number of alkyl halides is 2. The average molecular weight is 438 g/mol. The number of pyridine rings is 3. The number of urea groups is 1. The molecule has 0 aliphatic heterocycles. The Morgan fingerprint density at radius 1 is 1.20 bits per heavy atom. The summed E-state index contributed by atoms with van der Waals surface area (Å²) in [6, 6.07) is 4.21. The molecule has 0 radical (unpaired) electrons. The molecule has 8 nitrogen and oxygen atoms in total. The van der Waals surface area contributed by atoms with Crippen LogP contribution in [0.2, 0.25) is 5.15 Å². The van der Waals surface area contributed by atoms with Gasteiger partial charge in [0.25, 0.3) is 0 Å². The molecule has 3 rings (SSSR count). The standard InChI is InChI=1S/C19H18ClF2N5O3/c1-9-6-11(7-24-17(9)30-18(21)22)25-19(28)26-13-8-23-12-4-5-14(20)27-16(12)15(13)10(2)29-3/h4-8,10,18H,1-3H3,(H2,25,26,28)/t10-/m0/s1. The van der Waals surface area contributed by atoms with E-state index in [0.717, 1.165) is 0 Å². The van der Waals surface area contributed by atoms with Crippen LogP contribution in [0.15, 0.2) is 30.6 Å². The molecule has 30 heavy (non-hydrogen) atoms. The van der Waals surface area contributed by atoms with Gasteiger partial charge >= 0.3 is 12.6 Å². The maximum atomic E-state index is 12.5. The minimum Gasteiger partial charge on any atom is -0.417 e. The summed E-state index contributed by atoms with van der Waals surface area (Å²) in [5, 5.41) is 5.56. The summed E-state index contributed by atoms with van der Waals surface area (Å²) < 4.78 is 34.4. The van der Waals surface area contributed by atoms with Crippen LogP contribution in [0.1, 0.15) is 24.2 Å². The van der Waals surface area contributed by atoms with Crippen LogP contribution in [0.3, 0.4) is 0 Å². The van der Waals surface area contributed by atoms with Crippen LogP contribution < -0.4 is 15.4 Å². The van der Waals surface area contributed by atoms with E-state index in [2.05, 4.69) is 30.3 Å². The second-order valence-electron chi connectivity index (χ2n) is 6.27. The van der Waals surface area contributed by atoms with Gasteiger partial charge in [-0.05, 0) is 32.0 Å². The Kier molecular flexibility index (Phi) is 6.58. The van der Waals surface area contributed by atoms with Crippen molar-refractivity contribution < 1.29 is 23.0 Å². The first-order valence-corrected chi connectivity index (χ1v) is 9.13. The highest BCUT2D eigenvalue weighted by Gasteiger charge is 2.19. The zero-order chi connectivity index (χ0) is 21.8. The van der Waals surface area contributed by atoms with Gasteiger partial charge < -0.3 is 20.1 Å². The number of aromatic nitrogens is 3. The molecular weight excluding hydrogens is 420 g/mol. The Hall–Kier alpha value is -3.11. The van der Waals surface area contributed by atoms with Gasteiger partial charge in [0.15, 0.2) is 0 Å². The highest BCUT2D eigenvalue weighted by Crippen LogP contribution is 2.31. The molecule has 0 fully saturated rings. The van der Waals surface area contributed by atoms with Gasteiger partial charge in [-0.2, -0.15) is 8.78 Å². The summed E-state index contributed by atoms with van der Waals surface area (Å²) in [6.07, 6.45) is 2.29. The lowest BCUT2D eigenvalue weighted by Crippen LogP contribution is -2.21. The first kappa shape index (κ1) is 21.6. The van der Waals surface area contributed by atoms with Crippen molar-refractivity contribution in [2.24, 2.45) is 0 Å². The molecular formula is C19H18ClF2N5O3. The number of nitrogens with one attached hydrogen (secondary N) is 2. The third-order valence-electron chi connectivity index (χ3n) is 4.22. The van der Waals surface area contributed by atoms with E-state index in [1.165, 1.54) is 32.5 Å². The normalized spacial score (nSPS) is 12.1. The first-order chi connectivity index (χ1) is 14.3. The van der Waals surface area contributed by atoms with Gasteiger partial charge in [0.05, 0.1) is 40.9 Å². The predicted molar refractivity (Wildman–Crippen MR) is 108 cm³/mol. The van der Waals surface area contributed by atoms with Crippen molar-refractivity contribution in [2.75, 3.05) is 17.7 Å². The fourth-order valence-corrected chi connectivity index (χ4v) is 2.96. The Labute approximate surface area is 175 Å². The summed E-state index contributed by atoms with van der Waals surface area (Å²) in [6.45, 7) is 0.353. The molecule has 11 heteroatoms. The van der Waals surface area contributed by atoms with Gasteiger partial charge in [-0.1, -0.05) is 11.6 Å². The number of ether oxygens (including phenoxy) is 2. The lowest BCUT2D eigenvalue weighted by atomic mass is 10.1. The SMILES string of the molecule is CO[C@@H](C)c1c(NC(=O)Nc2cnc(OC(F)F)c(C)c2)cnc2ccc(Cl)nc12. The van der Waals surface area contributed by atoms with Crippen molar-refractivity contribution in [2.45, 2.75) is 26.6 Å². The predicted octanol–water partition coefficient (Wildman–Crippen LogP) is 4.94. The van der Waals surface area contributed by atoms with E-state index in [-0.39, 0.29) is 11.0 Å². The van der Waals surface area contributed by atoms with E-state index in [1.807, 2.05) is 0 Å². The lowest BCUT2D eigenvalue weighted by Gasteiger charge is -2.18. The number of fused-ring (bicyclic) bond motifs is 1. The van der Waals surface area contributed by atoms with E-state index in [4.69, 9.17) is 16.3 Å². The molecule has 3 heterocycles. The summed E-state index contributed by atoms with van der Waals surface area (Å²) in [5.74, 6) is -0.214. The minimum absolute atomic E-state index is 0.214. The molecule has 0 aliphatic rings. The molecule has 3 aromatic heterocycles. The minimum atomic E-state index is -2.98. The van der Waals surface area contributed by atoms with Gasteiger partial charge in [-0.25, -0.2) is 14.8 Å². The Bertz CT molecular complexity index is 1080. The number of amides is 2. The molecule has 158 valence electrons. The van der Waals surface area contributed by atoms with E-state index in [0.29, 0.717) is 33.5 Å². The molecule has 0 aromatic carbocycles. The maximum Gasteiger partial charge on any atom is 0.388 e. The zero-order valence-electron chi connectivity index (χ0n) is 16.2. The van der Waals surface area contributed by atoms with Crippen molar-refractivity contribution in [3.05, 3.63) is 46.9 Å². The quantitative estimate of drug-likeness (QED) is 0.530. The average Bonchev–Trinajstić information content (AvgIpc) is 2.69. The van der Waals surface area contributed by atoms with Gasteiger partial charge in [0.2, 0.25) is 5.88 Å². The first-order valence-electron chi connectivity index (χ1n) is 8.76. The van der Waals surface area contributed by atoms with Crippen LogP contribution in [-0.4, -0.2) is 34.7 Å². The van der Waals surface area contributed by atoms with E-state index < -0.39 is 18.7 Å². The number of aryl methyl sites for hydroxylation is 1. The molecule has 2 N–H and O–H groups in total. The van der Waals surface area contributed by atoms with Crippen LogP contribution in [0.25, 0.3) is 11.0 Å². The van der Waals surface area contributed by atoms with Crippen LogP contribution in [0.5, 0.6) is 5.88 Å². The van der Waals surface area contributed by atoms with Crippen LogP contribution in [0.4, 0.5) is 25.0 Å². The highest BCUT2D eigenvalue weighted by atomic mass is 35.5. The monoisotopic (exact) mass is 437 g/mol. The highest BCUT2D eigenvalue weighted by molar-refractivity contribution is 6.29. The molecule has 0 bridgehead atoms. The van der Waals surface area contributed by atoms with Gasteiger partial charge in [-0.15, -0.1) is 0 Å². The van der Waals surface area contributed by atoms with Gasteiger partial charge in [-0.3, -0.25) is 4.98 Å². The van der Waals surface area contributed by atoms with Crippen LogP contribution in [-0.2, 0) is 4.74 Å². The van der Waals surface area contributed by atoms with Crippen molar-refractivity contribution >= 4 is 40.0 Å². The fraction of sp³-hybridized carbons (Fsp3) is 0.263. The number of nitrogens with zero attached hydrogens (tertiary/aromatic N) is 3. The number of carbonyl (C=O) groups is 1. The van der Waals surface area contributed by atoms with E-state index >= 15 is 0 Å². The third kappa shape index (κ3) is 4.89. The van der Waals surface area contributed by atoms with Gasteiger partial charge in [0, 0.05) is 18.2 Å². The summed E-state index contributed by atoms with van der Waals surface area (Å²) in [4.78, 5) is 24.9. The number of hydrogen-bond donors (Lipinski definition) is 2. The molecule has 0 spiro atoms. The van der Waals surface area contributed by atoms with Crippen LogP contribution >= 0.6 is 11.6 Å². The Balaban J connectivity index is 1.85. The number of anilines is 2. The summed E-state index contributed by atoms with van der Waals surface area (Å²) in [5.41, 5.74) is 2.72. The van der Waals surface area contributed by atoms with E-state index in [9.17, 15) is 13.6 Å². The molecule has 3 aromatic rings. The third-order valence-corrected chi connectivity index (χ3v) is 4.43. The Morgan fingerprint density at radius 3 is 2.63 bits per heavy atom. The maximum absolute atomic E-state index is 12.5. The summed E-state index contributed by atoms with van der Waals surface area (Å²) in [7, 11) is 1.53. The lowest BCUT2D eigenvalue weighted by molar-refractivity contribution is -0.0533. The molecule has 1 atom stereocenters. The molecule has 0 saturated heterocycles. The smallest absolute Gasteiger partial charge is 0.388 e. The molecule has 0 aliphatic carbocycles. The van der Waals surface area contributed by atoms with Gasteiger partial charge in [0.1, 0.15) is 5.15 Å². The molecule has 0 saturated carbocycles. The van der Waals surface area contributed by atoms with Crippen LogP contribution in [0, 0.1) is 6.92 Å². The Morgan fingerprint density at radius 2 is 1.97 bits per heavy atom. The second-order valence-corrected chi connectivity index (χ2v) is 6.66. The molecule has 2 amide bonds. The van der Waals surface area contributed by atoms with Crippen molar-refractivity contribution in [1.29, 1.82) is 0 Å². The van der Waals surface area contributed by atoms with E-state index in [1.54, 1.807) is 19.1 Å². The number of methoxy groups -OCH3 is 1. The number of hydrogen-bond acceptors (Lipinski definition) is 6. The largest absolute Gasteiger partial charge is 0.417 e. The van der Waals surface area contributed by atoms with Crippen molar-refractivity contribution in [1.82, 2.24) is 15.0 Å². The number of carbonyl (C=O) groups excluding carboxylic acids is 1. The fourth-order valence-electron chi connectivity index (χ4n) is 2.81. The van der Waals surface area contributed by atoms with Crippen molar-refractivity contribution in [3.63, 3.8) is 0 Å². The zero-order valence-corrected chi connectivity index (χ0v) is 17.0. The summed E-state index contributed by atoms with van der Waals surface area (Å²) >= 11 is 6.02. The topological polar surface area (TPSA) is 98.3 Å². The number of halogens is 3. The second kappa shape index (κ2) is 9.14. The number of rotatable bonds is 6.